The minimum absolute atomic E-state index is 0.683. The summed E-state index contributed by atoms with van der Waals surface area (Å²) in [6, 6.07) is 23.1. The van der Waals surface area contributed by atoms with Crippen molar-refractivity contribution in [2.45, 2.75) is 33.7 Å². The van der Waals surface area contributed by atoms with Crippen molar-refractivity contribution in [2.24, 2.45) is 0 Å². The molecule has 0 unspecified atom stereocenters. The van der Waals surface area contributed by atoms with Crippen LogP contribution >= 0.6 is 0 Å². The Labute approximate surface area is 166 Å². The van der Waals surface area contributed by atoms with Gasteiger partial charge in [0.05, 0.1) is 17.6 Å². The monoisotopic (exact) mass is 370 g/mol. The molecule has 4 rings (SSSR count). The molecular weight excluding hydrogens is 344 g/mol. The fourth-order valence-electron chi connectivity index (χ4n) is 3.55. The summed E-state index contributed by atoms with van der Waals surface area (Å²) in [5.41, 5.74) is 7.20. The molecular formula is C25H26N2O. The standard InChI is InChI=1S/C25H26N2O/c1-18-13-14-21(17-20(18)3)28-16-8-15-27-24-12-7-6-11-23(24)26-25(27)22-10-5-4-9-19(22)2/h4-7,9-14,17H,8,15-16H2,1-3H3. The molecule has 0 spiro atoms. The lowest BCUT2D eigenvalue weighted by atomic mass is 10.1. The third-order valence-electron chi connectivity index (χ3n) is 5.31. The number of rotatable bonds is 6. The summed E-state index contributed by atoms with van der Waals surface area (Å²) < 4.78 is 8.31. The van der Waals surface area contributed by atoms with Gasteiger partial charge in [0.2, 0.25) is 0 Å². The number of aromatic nitrogens is 2. The zero-order chi connectivity index (χ0) is 19.5. The van der Waals surface area contributed by atoms with E-state index >= 15 is 0 Å². The summed E-state index contributed by atoms with van der Waals surface area (Å²) in [7, 11) is 0. The Morgan fingerprint density at radius 3 is 2.43 bits per heavy atom. The van der Waals surface area contributed by atoms with Gasteiger partial charge in [-0.2, -0.15) is 0 Å². The second-order valence-corrected chi connectivity index (χ2v) is 7.34. The summed E-state index contributed by atoms with van der Waals surface area (Å²) in [6.07, 6.45) is 0.923. The van der Waals surface area contributed by atoms with E-state index in [1.807, 2.05) is 12.1 Å². The lowest BCUT2D eigenvalue weighted by Crippen LogP contribution is -2.06. The molecule has 3 heteroatoms. The Kier molecular flexibility index (Phi) is 5.16. The van der Waals surface area contributed by atoms with Crippen molar-refractivity contribution in [3.05, 3.63) is 83.4 Å². The lowest BCUT2D eigenvalue weighted by molar-refractivity contribution is 0.302. The van der Waals surface area contributed by atoms with Crippen LogP contribution in [0.1, 0.15) is 23.1 Å². The van der Waals surface area contributed by atoms with Gasteiger partial charge in [-0.05, 0) is 68.1 Å². The van der Waals surface area contributed by atoms with Gasteiger partial charge in [0.1, 0.15) is 11.6 Å². The summed E-state index contributed by atoms with van der Waals surface area (Å²) in [6.45, 7) is 7.93. The third-order valence-corrected chi connectivity index (χ3v) is 5.31. The first-order valence-corrected chi connectivity index (χ1v) is 9.85. The Morgan fingerprint density at radius 2 is 1.61 bits per heavy atom. The van der Waals surface area contributed by atoms with Gasteiger partial charge >= 0.3 is 0 Å². The topological polar surface area (TPSA) is 27.1 Å². The number of ether oxygens (including phenoxy) is 1. The van der Waals surface area contributed by atoms with Crippen LogP contribution in [0.25, 0.3) is 22.4 Å². The molecule has 3 nitrogen and oxygen atoms in total. The van der Waals surface area contributed by atoms with Crippen molar-refractivity contribution >= 4 is 11.0 Å². The van der Waals surface area contributed by atoms with Gasteiger partial charge < -0.3 is 9.30 Å². The van der Waals surface area contributed by atoms with Gasteiger partial charge in [-0.25, -0.2) is 4.98 Å². The largest absolute Gasteiger partial charge is 0.494 e. The lowest BCUT2D eigenvalue weighted by Gasteiger charge is -2.12. The van der Waals surface area contributed by atoms with Crippen LogP contribution in [0.15, 0.2) is 66.7 Å². The van der Waals surface area contributed by atoms with Crippen molar-refractivity contribution in [2.75, 3.05) is 6.61 Å². The molecule has 0 aliphatic carbocycles. The fraction of sp³-hybridized carbons (Fsp3) is 0.240. The van der Waals surface area contributed by atoms with E-state index in [1.165, 1.54) is 27.8 Å². The average Bonchev–Trinajstić information content (AvgIpc) is 3.07. The highest BCUT2D eigenvalue weighted by atomic mass is 16.5. The number of fused-ring (bicyclic) bond motifs is 1. The molecule has 0 saturated carbocycles. The molecule has 0 atom stereocenters. The Morgan fingerprint density at radius 1 is 0.821 bits per heavy atom. The van der Waals surface area contributed by atoms with Crippen LogP contribution in [-0.2, 0) is 6.54 Å². The van der Waals surface area contributed by atoms with E-state index in [9.17, 15) is 0 Å². The maximum absolute atomic E-state index is 5.99. The first kappa shape index (κ1) is 18.3. The van der Waals surface area contributed by atoms with Crippen molar-refractivity contribution in [1.82, 2.24) is 9.55 Å². The molecule has 0 fully saturated rings. The molecule has 0 bridgehead atoms. The van der Waals surface area contributed by atoms with Crippen LogP contribution in [0.2, 0.25) is 0 Å². The summed E-state index contributed by atoms with van der Waals surface area (Å²) >= 11 is 0. The van der Waals surface area contributed by atoms with Crippen LogP contribution in [-0.4, -0.2) is 16.2 Å². The predicted octanol–water partition coefficient (Wildman–Crippen LogP) is 6.10. The van der Waals surface area contributed by atoms with E-state index in [-0.39, 0.29) is 0 Å². The minimum atomic E-state index is 0.683. The second-order valence-electron chi connectivity index (χ2n) is 7.34. The number of para-hydroxylation sites is 2. The van der Waals surface area contributed by atoms with Crippen LogP contribution in [0.4, 0.5) is 0 Å². The SMILES string of the molecule is Cc1ccc(OCCCn2c(-c3ccccc3C)nc3ccccc32)cc1C. The summed E-state index contributed by atoms with van der Waals surface area (Å²) in [4.78, 5) is 4.92. The summed E-state index contributed by atoms with van der Waals surface area (Å²) in [5.74, 6) is 1.98. The van der Waals surface area contributed by atoms with E-state index < -0.39 is 0 Å². The van der Waals surface area contributed by atoms with E-state index in [4.69, 9.17) is 9.72 Å². The second kappa shape index (κ2) is 7.89. The van der Waals surface area contributed by atoms with Crippen molar-refractivity contribution in [3.8, 4) is 17.1 Å². The van der Waals surface area contributed by atoms with Crippen molar-refractivity contribution < 1.29 is 4.74 Å². The van der Waals surface area contributed by atoms with E-state index in [1.54, 1.807) is 0 Å². The average molecular weight is 370 g/mol. The molecule has 0 amide bonds. The molecule has 28 heavy (non-hydrogen) atoms. The number of benzene rings is 3. The van der Waals surface area contributed by atoms with Crippen LogP contribution in [0.3, 0.4) is 0 Å². The van der Waals surface area contributed by atoms with Gasteiger partial charge in [0, 0.05) is 12.1 Å². The maximum Gasteiger partial charge on any atom is 0.141 e. The predicted molar refractivity (Wildman–Crippen MR) is 116 cm³/mol. The van der Waals surface area contributed by atoms with E-state index in [2.05, 4.69) is 79.9 Å². The zero-order valence-electron chi connectivity index (χ0n) is 16.8. The van der Waals surface area contributed by atoms with Crippen molar-refractivity contribution in [1.29, 1.82) is 0 Å². The molecule has 0 aliphatic rings. The molecule has 1 heterocycles. The highest BCUT2D eigenvalue weighted by molar-refractivity contribution is 5.81. The fourth-order valence-corrected chi connectivity index (χ4v) is 3.55. The molecule has 1 aromatic heterocycles. The smallest absolute Gasteiger partial charge is 0.141 e. The number of aryl methyl sites for hydroxylation is 4. The molecule has 4 aromatic rings. The zero-order valence-corrected chi connectivity index (χ0v) is 16.8. The van der Waals surface area contributed by atoms with Gasteiger partial charge in [0.25, 0.3) is 0 Å². The first-order chi connectivity index (χ1) is 13.6. The number of imidazole rings is 1. The number of hydrogen-bond donors (Lipinski definition) is 0. The number of hydrogen-bond acceptors (Lipinski definition) is 2. The van der Waals surface area contributed by atoms with Crippen LogP contribution in [0, 0.1) is 20.8 Å². The Hall–Kier alpha value is -3.07. The molecule has 0 aliphatic heterocycles. The number of nitrogens with zero attached hydrogens (tertiary/aromatic N) is 2. The highest BCUT2D eigenvalue weighted by Crippen LogP contribution is 2.27. The van der Waals surface area contributed by atoms with Crippen LogP contribution < -0.4 is 4.74 Å². The van der Waals surface area contributed by atoms with Crippen LogP contribution in [0.5, 0.6) is 5.75 Å². The van der Waals surface area contributed by atoms with E-state index in [0.717, 1.165) is 30.1 Å². The van der Waals surface area contributed by atoms with Gasteiger partial charge in [-0.15, -0.1) is 0 Å². The van der Waals surface area contributed by atoms with Gasteiger partial charge in [-0.3, -0.25) is 0 Å². The third kappa shape index (κ3) is 3.65. The van der Waals surface area contributed by atoms with Gasteiger partial charge in [-0.1, -0.05) is 42.5 Å². The quantitative estimate of drug-likeness (QED) is 0.384. The normalized spacial score (nSPS) is 11.1. The summed E-state index contributed by atoms with van der Waals surface area (Å²) in [5, 5.41) is 0. The first-order valence-electron chi connectivity index (χ1n) is 9.85. The maximum atomic E-state index is 5.99. The van der Waals surface area contributed by atoms with E-state index in [0.29, 0.717) is 6.61 Å². The highest BCUT2D eigenvalue weighted by Gasteiger charge is 2.13. The molecule has 142 valence electrons. The van der Waals surface area contributed by atoms with Gasteiger partial charge in [0.15, 0.2) is 0 Å². The molecule has 0 N–H and O–H groups in total. The minimum Gasteiger partial charge on any atom is -0.494 e. The Balaban J connectivity index is 1.55. The molecule has 0 radical (unpaired) electrons. The van der Waals surface area contributed by atoms with Crippen molar-refractivity contribution in [3.63, 3.8) is 0 Å². The molecule has 3 aromatic carbocycles. The Bertz CT molecular complexity index is 1110. The molecule has 0 saturated heterocycles.